The summed E-state index contributed by atoms with van der Waals surface area (Å²) in [5, 5.41) is 9.18. The smallest absolute Gasteiger partial charge is 0.119 e. The van der Waals surface area contributed by atoms with Crippen molar-refractivity contribution >= 4 is 5.69 Å². The van der Waals surface area contributed by atoms with Crippen molar-refractivity contribution in [2.75, 3.05) is 5.73 Å². The van der Waals surface area contributed by atoms with Crippen LogP contribution in [0.4, 0.5) is 5.69 Å². The van der Waals surface area contributed by atoms with Crippen molar-refractivity contribution in [2.24, 2.45) is 7.05 Å². The Morgan fingerprint density at radius 1 is 1.21 bits per heavy atom. The van der Waals surface area contributed by atoms with Gasteiger partial charge in [0.2, 0.25) is 0 Å². The van der Waals surface area contributed by atoms with Gasteiger partial charge in [0, 0.05) is 24.5 Å². The molecule has 0 radical (unpaired) electrons. The lowest BCUT2D eigenvalue weighted by Crippen LogP contribution is -2.05. The monoisotopic (exact) mass is 259 g/mol. The summed E-state index contributed by atoms with van der Waals surface area (Å²) in [4.78, 5) is 0. The van der Waals surface area contributed by atoms with E-state index in [0.29, 0.717) is 6.04 Å². The van der Waals surface area contributed by atoms with Crippen molar-refractivity contribution in [3.8, 4) is 11.3 Å². The Hall–Kier alpha value is -1.78. The summed E-state index contributed by atoms with van der Waals surface area (Å²) in [6.45, 7) is 4.07. The first-order chi connectivity index (χ1) is 9.08. The number of aromatic nitrogens is 4. The number of rotatable bonds is 2. The van der Waals surface area contributed by atoms with Crippen LogP contribution in [0.2, 0.25) is 0 Å². The normalized spacial score (nSPS) is 16.4. The summed E-state index contributed by atoms with van der Waals surface area (Å²) in [5.74, 6) is 0. The Bertz CT molecular complexity index is 602. The van der Waals surface area contributed by atoms with Gasteiger partial charge in [-0.15, -0.1) is 0 Å². The lowest BCUT2D eigenvalue weighted by atomic mass is 10.1. The zero-order chi connectivity index (χ0) is 13.6. The van der Waals surface area contributed by atoms with Gasteiger partial charge in [-0.3, -0.25) is 9.36 Å². The van der Waals surface area contributed by atoms with Gasteiger partial charge in [0.15, 0.2) is 0 Å². The third-order valence-corrected chi connectivity index (χ3v) is 4.20. The van der Waals surface area contributed by atoms with E-state index < -0.39 is 0 Å². The molecule has 2 N–H and O–H groups in total. The summed E-state index contributed by atoms with van der Waals surface area (Å²) < 4.78 is 3.95. The Labute approximate surface area is 113 Å². The molecule has 19 heavy (non-hydrogen) atoms. The molecule has 1 aliphatic carbocycles. The molecule has 0 spiro atoms. The fourth-order valence-corrected chi connectivity index (χ4v) is 3.07. The van der Waals surface area contributed by atoms with Crippen LogP contribution in [-0.2, 0) is 7.05 Å². The van der Waals surface area contributed by atoms with Crippen molar-refractivity contribution in [3.63, 3.8) is 0 Å². The lowest BCUT2D eigenvalue weighted by molar-refractivity contribution is 0.468. The van der Waals surface area contributed by atoms with E-state index in [1.165, 1.54) is 25.7 Å². The van der Waals surface area contributed by atoms with Gasteiger partial charge in [0.1, 0.15) is 5.69 Å². The fraction of sp³-hybridized carbons (Fsp3) is 0.571. The Kier molecular flexibility index (Phi) is 2.84. The average molecular weight is 259 g/mol. The van der Waals surface area contributed by atoms with Crippen molar-refractivity contribution in [2.45, 2.75) is 45.6 Å². The number of nitrogens with zero attached hydrogens (tertiary/aromatic N) is 4. The molecule has 2 aromatic rings. The van der Waals surface area contributed by atoms with E-state index in [0.717, 1.165) is 28.3 Å². The molecule has 0 atom stereocenters. The molecule has 0 aromatic carbocycles. The predicted molar refractivity (Wildman–Crippen MR) is 75.8 cm³/mol. The molecular formula is C14H21N5. The summed E-state index contributed by atoms with van der Waals surface area (Å²) in [6, 6.07) is 0.522. The minimum atomic E-state index is 0.522. The third kappa shape index (κ3) is 1.93. The summed E-state index contributed by atoms with van der Waals surface area (Å²) in [6.07, 6.45) is 7.00. The molecule has 2 heterocycles. The van der Waals surface area contributed by atoms with E-state index in [9.17, 15) is 0 Å². The minimum absolute atomic E-state index is 0.522. The summed E-state index contributed by atoms with van der Waals surface area (Å²) >= 11 is 0. The number of hydrogen-bond donors (Lipinski definition) is 1. The molecule has 0 aliphatic heterocycles. The molecule has 102 valence electrons. The third-order valence-electron chi connectivity index (χ3n) is 4.20. The lowest BCUT2D eigenvalue weighted by Gasteiger charge is -2.08. The zero-order valence-electron chi connectivity index (χ0n) is 11.8. The maximum absolute atomic E-state index is 6.17. The predicted octanol–water partition coefficient (Wildman–Crippen LogP) is 2.60. The Morgan fingerprint density at radius 3 is 2.47 bits per heavy atom. The molecular weight excluding hydrogens is 238 g/mol. The molecule has 0 unspecified atom stereocenters. The molecule has 0 saturated heterocycles. The van der Waals surface area contributed by atoms with Gasteiger partial charge in [-0.2, -0.15) is 10.2 Å². The average Bonchev–Trinajstić information content (AvgIpc) is 3.03. The van der Waals surface area contributed by atoms with E-state index in [-0.39, 0.29) is 0 Å². The van der Waals surface area contributed by atoms with Crippen molar-refractivity contribution in [1.82, 2.24) is 19.6 Å². The standard InChI is InChI=1S/C14H21N5/c1-9-13(10(2)18(3)16-9)14-12(15)8-19(17-14)11-6-4-5-7-11/h8,11H,4-7,15H2,1-3H3. The van der Waals surface area contributed by atoms with E-state index in [2.05, 4.69) is 16.7 Å². The van der Waals surface area contributed by atoms with E-state index in [1.807, 2.05) is 24.9 Å². The minimum Gasteiger partial charge on any atom is -0.396 e. The van der Waals surface area contributed by atoms with E-state index in [4.69, 9.17) is 10.8 Å². The molecule has 2 aromatic heterocycles. The van der Waals surface area contributed by atoms with Gasteiger partial charge < -0.3 is 5.73 Å². The summed E-state index contributed by atoms with van der Waals surface area (Å²) in [5.41, 5.74) is 11.0. The highest BCUT2D eigenvalue weighted by Crippen LogP contribution is 2.34. The molecule has 1 aliphatic rings. The van der Waals surface area contributed by atoms with Gasteiger partial charge in [0.05, 0.1) is 17.4 Å². The van der Waals surface area contributed by atoms with Crippen molar-refractivity contribution in [1.29, 1.82) is 0 Å². The zero-order valence-corrected chi connectivity index (χ0v) is 11.8. The number of aryl methyl sites for hydroxylation is 2. The highest BCUT2D eigenvalue weighted by atomic mass is 15.3. The number of nitrogen functional groups attached to an aromatic ring is 1. The van der Waals surface area contributed by atoms with Crippen LogP contribution in [0, 0.1) is 13.8 Å². The molecule has 5 nitrogen and oxygen atoms in total. The maximum Gasteiger partial charge on any atom is 0.119 e. The first-order valence-electron chi connectivity index (χ1n) is 6.93. The van der Waals surface area contributed by atoms with Crippen molar-refractivity contribution in [3.05, 3.63) is 17.6 Å². The number of nitrogens with two attached hydrogens (primary N) is 1. The highest BCUT2D eigenvalue weighted by Gasteiger charge is 2.22. The Balaban J connectivity index is 2.05. The number of anilines is 1. The molecule has 0 amide bonds. The van der Waals surface area contributed by atoms with Crippen LogP contribution < -0.4 is 5.73 Å². The second-order valence-electron chi connectivity index (χ2n) is 5.52. The maximum atomic E-state index is 6.17. The van der Waals surface area contributed by atoms with Crippen LogP contribution in [0.25, 0.3) is 11.3 Å². The molecule has 0 bridgehead atoms. The van der Waals surface area contributed by atoms with Gasteiger partial charge in [-0.05, 0) is 26.7 Å². The first kappa shape index (κ1) is 12.3. The van der Waals surface area contributed by atoms with E-state index >= 15 is 0 Å². The highest BCUT2D eigenvalue weighted by molar-refractivity contribution is 5.75. The summed E-state index contributed by atoms with van der Waals surface area (Å²) in [7, 11) is 1.95. The number of hydrogen-bond acceptors (Lipinski definition) is 3. The fourth-order valence-electron chi connectivity index (χ4n) is 3.07. The van der Waals surface area contributed by atoms with Crippen molar-refractivity contribution < 1.29 is 0 Å². The Morgan fingerprint density at radius 2 is 1.89 bits per heavy atom. The second kappa shape index (κ2) is 4.40. The molecule has 1 saturated carbocycles. The van der Waals surface area contributed by atoms with Gasteiger partial charge in [0.25, 0.3) is 0 Å². The van der Waals surface area contributed by atoms with Crippen LogP contribution in [0.15, 0.2) is 6.20 Å². The van der Waals surface area contributed by atoms with E-state index in [1.54, 1.807) is 0 Å². The molecule has 5 heteroatoms. The topological polar surface area (TPSA) is 61.7 Å². The quantitative estimate of drug-likeness (QED) is 0.901. The van der Waals surface area contributed by atoms with Crippen LogP contribution >= 0.6 is 0 Å². The molecule has 1 fully saturated rings. The van der Waals surface area contributed by atoms with Gasteiger partial charge in [-0.1, -0.05) is 12.8 Å². The molecule has 3 rings (SSSR count). The largest absolute Gasteiger partial charge is 0.396 e. The van der Waals surface area contributed by atoms with Gasteiger partial charge in [-0.25, -0.2) is 0 Å². The van der Waals surface area contributed by atoms with Crippen LogP contribution in [0.5, 0.6) is 0 Å². The van der Waals surface area contributed by atoms with Crippen LogP contribution in [0.1, 0.15) is 43.1 Å². The second-order valence-corrected chi connectivity index (χ2v) is 5.52. The van der Waals surface area contributed by atoms with Gasteiger partial charge >= 0.3 is 0 Å². The first-order valence-corrected chi connectivity index (χ1v) is 6.93. The van der Waals surface area contributed by atoms with Crippen LogP contribution in [0.3, 0.4) is 0 Å². The SMILES string of the molecule is Cc1nn(C)c(C)c1-c1nn(C2CCCC2)cc1N. The van der Waals surface area contributed by atoms with Crippen LogP contribution in [-0.4, -0.2) is 19.6 Å².